The number of piperazine rings is 1. The number of nitrogens with one attached hydrogen (secondary N) is 1. The molecule has 226 valence electrons. The van der Waals surface area contributed by atoms with Crippen LogP contribution in [0, 0.1) is 13.8 Å². The molecule has 2 aliphatic rings. The van der Waals surface area contributed by atoms with Crippen LogP contribution in [0.25, 0.3) is 10.9 Å². The van der Waals surface area contributed by atoms with Gasteiger partial charge in [-0.1, -0.05) is 66.7 Å². The zero-order valence-electron chi connectivity index (χ0n) is 25.4. The van der Waals surface area contributed by atoms with Gasteiger partial charge in [-0.15, -0.1) is 5.10 Å². The average molecular weight is 590 g/mol. The third-order valence-corrected chi connectivity index (χ3v) is 9.15. The van der Waals surface area contributed by atoms with E-state index in [1.807, 2.05) is 10.7 Å². The Hall–Kier alpha value is -4.18. The number of rotatable bonds is 8. The Bertz CT molecular complexity index is 1730. The molecule has 9 heteroatoms. The molecule has 7 rings (SSSR count). The number of hydrogen-bond acceptors (Lipinski definition) is 7. The van der Waals surface area contributed by atoms with E-state index in [1.54, 1.807) is 0 Å². The predicted octanol–water partition coefficient (Wildman–Crippen LogP) is 4.81. The number of aromatic nitrogens is 5. The summed E-state index contributed by atoms with van der Waals surface area (Å²) < 4.78 is 7.80. The number of tetrazole rings is 1. The molecule has 9 nitrogen and oxygen atoms in total. The minimum Gasteiger partial charge on any atom is -0.376 e. The summed E-state index contributed by atoms with van der Waals surface area (Å²) in [5.41, 5.74) is 6.23. The molecule has 5 aromatic rings. The van der Waals surface area contributed by atoms with Crippen LogP contribution in [0.15, 0.2) is 83.7 Å². The van der Waals surface area contributed by atoms with E-state index in [-0.39, 0.29) is 17.7 Å². The van der Waals surface area contributed by atoms with Crippen molar-refractivity contribution in [2.24, 2.45) is 0 Å². The van der Waals surface area contributed by atoms with E-state index in [0.29, 0.717) is 17.9 Å². The maximum absolute atomic E-state index is 13.8. The van der Waals surface area contributed by atoms with Gasteiger partial charge in [0.15, 0.2) is 5.82 Å². The van der Waals surface area contributed by atoms with E-state index < -0.39 is 6.04 Å². The fraction of sp³-hybridized carbons (Fsp3) is 0.371. The number of benzene rings is 3. The second-order valence-electron chi connectivity index (χ2n) is 12.1. The van der Waals surface area contributed by atoms with Gasteiger partial charge in [0.05, 0.1) is 18.7 Å². The molecular formula is C35H39N7O2. The normalized spacial score (nSPS) is 18.8. The molecule has 4 heterocycles. The first-order valence-corrected chi connectivity index (χ1v) is 15.6. The van der Waals surface area contributed by atoms with Crippen LogP contribution < -0.4 is 5.56 Å². The summed E-state index contributed by atoms with van der Waals surface area (Å²) in [6.07, 6.45) is 2.10. The molecule has 3 aromatic carbocycles. The zero-order chi connectivity index (χ0) is 30.0. The molecule has 0 bridgehead atoms. The molecule has 0 aliphatic carbocycles. The van der Waals surface area contributed by atoms with Crippen molar-refractivity contribution in [3.05, 3.63) is 123 Å². The van der Waals surface area contributed by atoms with Crippen molar-refractivity contribution in [3.63, 3.8) is 0 Å². The van der Waals surface area contributed by atoms with Crippen LogP contribution in [0.3, 0.4) is 0 Å². The van der Waals surface area contributed by atoms with Gasteiger partial charge in [0.2, 0.25) is 0 Å². The fourth-order valence-electron chi connectivity index (χ4n) is 7.05. The second-order valence-corrected chi connectivity index (χ2v) is 12.1. The van der Waals surface area contributed by atoms with Gasteiger partial charge in [-0.25, -0.2) is 4.68 Å². The molecule has 0 spiro atoms. The predicted molar refractivity (Wildman–Crippen MR) is 171 cm³/mol. The van der Waals surface area contributed by atoms with Crippen molar-refractivity contribution in [1.82, 2.24) is 35.0 Å². The van der Waals surface area contributed by atoms with Crippen LogP contribution in [0.5, 0.6) is 0 Å². The van der Waals surface area contributed by atoms with Crippen LogP contribution in [0.2, 0.25) is 0 Å². The highest BCUT2D eigenvalue weighted by molar-refractivity contribution is 5.83. The van der Waals surface area contributed by atoms with Crippen molar-refractivity contribution >= 4 is 10.9 Å². The third-order valence-electron chi connectivity index (χ3n) is 9.15. The summed E-state index contributed by atoms with van der Waals surface area (Å²) in [5, 5.41) is 14.1. The highest BCUT2D eigenvalue weighted by Crippen LogP contribution is 2.33. The van der Waals surface area contributed by atoms with Crippen molar-refractivity contribution in [2.75, 3.05) is 32.8 Å². The Labute approximate surface area is 257 Å². The zero-order valence-corrected chi connectivity index (χ0v) is 25.4. The first-order chi connectivity index (χ1) is 21.5. The molecule has 2 aromatic heterocycles. The number of aromatic amines is 1. The lowest BCUT2D eigenvalue weighted by molar-refractivity contribution is 0.0778. The Morgan fingerprint density at radius 1 is 0.886 bits per heavy atom. The van der Waals surface area contributed by atoms with E-state index in [2.05, 4.69) is 117 Å². The highest BCUT2D eigenvalue weighted by atomic mass is 16.5. The maximum atomic E-state index is 13.8. The monoisotopic (exact) mass is 589 g/mol. The number of H-pyrrole nitrogens is 1. The second kappa shape index (κ2) is 12.4. The summed E-state index contributed by atoms with van der Waals surface area (Å²) in [5.74, 6) is 0.686. The maximum Gasteiger partial charge on any atom is 0.253 e. The van der Waals surface area contributed by atoms with Crippen molar-refractivity contribution in [1.29, 1.82) is 0 Å². The number of fused-ring (bicyclic) bond motifs is 1. The Balaban J connectivity index is 1.25. The van der Waals surface area contributed by atoms with Crippen LogP contribution in [0.4, 0.5) is 0 Å². The molecule has 44 heavy (non-hydrogen) atoms. The van der Waals surface area contributed by atoms with E-state index in [0.717, 1.165) is 67.7 Å². The molecule has 0 radical (unpaired) electrons. The first-order valence-electron chi connectivity index (χ1n) is 15.6. The number of ether oxygens (including phenoxy) is 1. The molecule has 2 aliphatic heterocycles. The lowest BCUT2D eigenvalue weighted by Gasteiger charge is -2.42. The number of pyridine rings is 1. The number of nitrogens with zero attached hydrogens (tertiary/aromatic N) is 6. The van der Waals surface area contributed by atoms with Gasteiger partial charge in [0.1, 0.15) is 6.04 Å². The Morgan fingerprint density at radius 2 is 1.55 bits per heavy atom. The molecular weight excluding hydrogens is 550 g/mol. The minimum atomic E-state index is -0.394. The molecule has 2 saturated heterocycles. The van der Waals surface area contributed by atoms with Crippen LogP contribution in [-0.2, 0) is 11.3 Å². The van der Waals surface area contributed by atoms with Gasteiger partial charge in [-0.05, 0) is 71.5 Å². The summed E-state index contributed by atoms with van der Waals surface area (Å²) >= 11 is 0. The van der Waals surface area contributed by atoms with Crippen molar-refractivity contribution in [3.8, 4) is 0 Å². The molecule has 1 N–H and O–H groups in total. The third kappa shape index (κ3) is 5.70. The molecule has 0 unspecified atom stereocenters. The lowest BCUT2D eigenvalue weighted by atomic mass is 9.95. The quantitative estimate of drug-likeness (QED) is 0.278. The summed E-state index contributed by atoms with van der Waals surface area (Å²) in [7, 11) is 0. The van der Waals surface area contributed by atoms with Gasteiger partial charge in [-0.3, -0.25) is 14.6 Å². The smallest absolute Gasteiger partial charge is 0.253 e. The topological polar surface area (TPSA) is 92.2 Å². The van der Waals surface area contributed by atoms with Gasteiger partial charge < -0.3 is 9.72 Å². The van der Waals surface area contributed by atoms with Gasteiger partial charge in [0.25, 0.3) is 5.56 Å². The molecule has 0 amide bonds. The van der Waals surface area contributed by atoms with Crippen LogP contribution in [-0.4, -0.2) is 73.9 Å². The SMILES string of the molecule is Cc1cc(C)c2cc([C@@H](c3nnnn3C[C@H]3CCCO3)N3CCN(C(c4ccccc4)c4ccccc4)CC3)c(=O)[nH]c2c1. The van der Waals surface area contributed by atoms with Crippen molar-refractivity contribution < 1.29 is 4.74 Å². The summed E-state index contributed by atoms with van der Waals surface area (Å²) in [4.78, 5) is 22.0. The molecule has 0 saturated carbocycles. The number of hydrogen-bond donors (Lipinski definition) is 1. The van der Waals surface area contributed by atoms with Crippen LogP contribution in [0.1, 0.15) is 58.6 Å². The van der Waals surface area contributed by atoms with Gasteiger partial charge in [-0.2, -0.15) is 0 Å². The minimum absolute atomic E-state index is 0.0763. The summed E-state index contributed by atoms with van der Waals surface area (Å²) in [6, 6.07) is 27.4. The molecule has 2 atom stereocenters. The largest absolute Gasteiger partial charge is 0.376 e. The van der Waals surface area contributed by atoms with Crippen molar-refractivity contribution in [2.45, 2.75) is 51.4 Å². The van der Waals surface area contributed by atoms with Crippen LogP contribution >= 0.6 is 0 Å². The van der Waals surface area contributed by atoms with E-state index in [4.69, 9.17) is 4.74 Å². The van der Waals surface area contributed by atoms with E-state index >= 15 is 0 Å². The van der Waals surface area contributed by atoms with Gasteiger partial charge in [0, 0.05) is 49.3 Å². The fourth-order valence-corrected chi connectivity index (χ4v) is 7.05. The van der Waals surface area contributed by atoms with E-state index in [9.17, 15) is 4.79 Å². The van der Waals surface area contributed by atoms with E-state index in [1.165, 1.54) is 11.1 Å². The average Bonchev–Trinajstić information content (AvgIpc) is 3.73. The number of aryl methyl sites for hydroxylation is 2. The standard InChI is InChI=1S/C35H39N7O2/c1-24-20-25(2)29-22-30(35(43)36-31(29)21-24)33(34-37-38-39-42(34)23-28-14-9-19-44-28)41-17-15-40(16-18-41)32(26-10-5-3-6-11-26)27-12-7-4-8-13-27/h3-8,10-13,20-22,28,32-33H,9,14-19,23H2,1-2H3,(H,36,43)/t28-,33+/m1/s1. The highest BCUT2D eigenvalue weighted by Gasteiger charge is 2.35. The lowest BCUT2D eigenvalue weighted by Crippen LogP contribution is -2.50. The molecule has 2 fully saturated rings. The Morgan fingerprint density at radius 3 is 2.18 bits per heavy atom. The first kappa shape index (κ1) is 28.6. The Kier molecular flexibility index (Phi) is 8.08. The van der Waals surface area contributed by atoms with Gasteiger partial charge >= 0.3 is 0 Å². The summed E-state index contributed by atoms with van der Waals surface area (Å²) in [6.45, 7) is 8.69.